The maximum absolute atomic E-state index is 12.5. The van der Waals surface area contributed by atoms with Gasteiger partial charge in [-0.05, 0) is 63.7 Å². The average Bonchev–Trinajstić information content (AvgIpc) is 3.13. The lowest BCUT2D eigenvalue weighted by Crippen LogP contribution is -2.39. The van der Waals surface area contributed by atoms with Crippen LogP contribution in [0.1, 0.15) is 25.7 Å². The molecule has 0 aliphatic heterocycles. The molecule has 138 valence electrons. The average molecular weight is 385 g/mol. The summed E-state index contributed by atoms with van der Waals surface area (Å²) in [7, 11) is 6.23. The molecule has 0 spiro atoms. The first-order chi connectivity index (χ1) is 11.8. The van der Waals surface area contributed by atoms with Crippen molar-refractivity contribution in [2.75, 3.05) is 27.7 Å². The highest BCUT2D eigenvalue weighted by Crippen LogP contribution is 2.46. The van der Waals surface area contributed by atoms with E-state index in [-0.39, 0.29) is 12.5 Å². The Morgan fingerprint density at radius 2 is 1.64 bits per heavy atom. The molecule has 2 aliphatic rings. The van der Waals surface area contributed by atoms with E-state index >= 15 is 0 Å². The second kappa shape index (κ2) is 7.73. The molecule has 2 aliphatic carbocycles. The summed E-state index contributed by atoms with van der Waals surface area (Å²) < 4.78 is 5.59. The summed E-state index contributed by atoms with van der Waals surface area (Å²) in [5.41, 5.74) is 0. The molecule has 6 heteroatoms. The van der Waals surface area contributed by atoms with Gasteiger partial charge in [-0.1, -0.05) is 23.2 Å². The Labute approximate surface area is 160 Å². The molecule has 3 rings (SSSR count). The molecule has 1 aromatic carbocycles. The number of benzene rings is 1. The molecule has 0 radical (unpaired) electrons. The highest BCUT2D eigenvalue weighted by atomic mass is 35.5. The van der Waals surface area contributed by atoms with Crippen LogP contribution in [0.3, 0.4) is 0 Å². The third-order valence-electron chi connectivity index (χ3n) is 5.89. The van der Waals surface area contributed by atoms with Crippen molar-refractivity contribution in [2.45, 2.75) is 37.8 Å². The fraction of sp³-hybridized carbons (Fsp3) is 0.632. The standard InChI is InChI=1S/C19H26Cl2N2O2/c1-22(2)14-6-12-8-15(9-13(12)7-14)23(3)19(24)11-25-16-4-5-17(20)18(21)10-16/h4-5,10,12-15H,6-9,11H2,1-3H3/t12-,13+,14?,15?. The lowest BCUT2D eigenvalue weighted by atomic mass is 10.0. The molecule has 2 fully saturated rings. The minimum Gasteiger partial charge on any atom is -0.484 e. The van der Waals surface area contributed by atoms with E-state index in [2.05, 4.69) is 19.0 Å². The molecule has 25 heavy (non-hydrogen) atoms. The van der Waals surface area contributed by atoms with E-state index in [0.29, 0.717) is 27.9 Å². The number of hydrogen-bond donors (Lipinski definition) is 0. The van der Waals surface area contributed by atoms with Crippen LogP contribution in [0.5, 0.6) is 5.75 Å². The number of likely N-dealkylation sites (N-methyl/N-ethyl adjacent to an activating group) is 1. The Hall–Kier alpha value is -0.970. The van der Waals surface area contributed by atoms with Crippen molar-refractivity contribution in [1.29, 1.82) is 0 Å². The van der Waals surface area contributed by atoms with Crippen LogP contribution < -0.4 is 4.74 Å². The summed E-state index contributed by atoms with van der Waals surface area (Å²) in [5.74, 6) is 2.08. The summed E-state index contributed by atoms with van der Waals surface area (Å²) in [6, 6.07) is 6.08. The van der Waals surface area contributed by atoms with Crippen molar-refractivity contribution in [3.63, 3.8) is 0 Å². The van der Waals surface area contributed by atoms with Crippen LogP contribution in [-0.4, -0.2) is 55.5 Å². The first-order valence-electron chi connectivity index (χ1n) is 8.85. The summed E-state index contributed by atoms with van der Waals surface area (Å²) in [5, 5.41) is 0.907. The third-order valence-corrected chi connectivity index (χ3v) is 6.63. The lowest BCUT2D eigenvalue weighted by Gasteiger charge is -2.27. The second-order valence-electron chi connectivity index (χ2n) is 7.60. The van der Waals surface area contributed by atoms with Crippen molar-refractivity contribution in [1.82, 2.24) is 9.80 Å². The predicted molar refractivity (Wildman–Crippen MR) is 101 cm³/mol. The first-order valence-corrected chi connectivity index (χ1v) is 9.60. The molecule has 2 unspecified atom stereocenters. The minimum atomic E-state index is 0.0141. The van der Waals surface area contributed by atoms with E-state index < -0.39 is 0 Å². The number of rotatable bonds is 5. The molecular formula is C19H26Cl2N2O2. The molecule has 0 N–H and O–H groups in total. The van der Waals surface area contributed by atoms with Gasteiger partial charge in [0.15, 0.2) is 6.61 Å². The summed E-state index contributed by atoms with van der Waals surface area (Å²) in [6.07, 6.45) is 4.75. The SMILES string of the molecule is CN(C)C1C[C@@H]2CC(N(C)C(=O)COc3ccc(Cl)c(Cl)c3)C[C@@H]2C1. The Morgan fingerprint density at radius 3 is 2.20 bits per heavy atom. The molecule has 0 heterocycles. The first kappa shape index (κ1) is 18.8. The van der Waals surface area contributed by atoms with Crippen LogP contribution in [0.25, 0.3) is 0 Å². The number of hydrogen-bond acceptors (Lipinski definition) is 3. The van der Waals surface area contributed by atoms with Crippen molar-refractivity contribution in [3.05, 3.63) is 28.2 Å². The number of nitrogens with zero attached hydrogens (tertiary/aromatic N) is 2. The van der Waals surface area contributed by atoms with E-state index in [1.54, 1.807) is 18.2 Å². The monoisotopic (exact) mass is 384 g/mol. The van der Waals surface area contributed by atoms with Gasteiger partial charge in [-0.15, -0.1) is 0 Å². The maximum Gasteiger partial charge on any atom is 0.260 e. The normalized spacial score (nSPS) is 28.2. The van der Waals surface area contributed by atoms with Gasteiger partial charge in [0, 0.05) is 25.2 Å². The zero-order valence-electron chi connectivity index (χ0n) is 15.0. The summed E-state index contributed by atoms with van der Waals surface area (Å²) in [4.78, 5) is 16.7. The van der Waals surface area contributed by atoms with Gasteiger partial charge in [-0.25, -0.2) is 0 Å². The Kier molecular flexibility index (Phi) is 5.81. The van der Waals surface area contributed by atoms with Crippen LogP contribution in [0.4, 0.5) is 0 Å². The number of ether oxygens (including phenoxy) is 1. The van der Waals surface area contributed by atoms with E-state index in [1.165, 1.54) is 12.8 Å². The highest BCUT2D eigenvalue weighted by molar-refractivity contribution is 6.42. The third kappa shape index (κ3) is 4.24. The minimum absolute atomic E-state index is 0.0141. The Morgan fingerprint density at radius 1 is 1.04 bits per heavy atom. The van der Waals surface area contributed by atoms with Gasteiger partial charge in [0.05, 0.1) is 10.0 Å². The Bertz CT molecular complexity index is 624. The number of fused-ring (bicyclic) bond motifs is 1. The second-order valence-corrected chi connectivity index (χ2v) is 8.42. The predicted octanol–water partition coefficient (Wildman–Crippen LogP) is 3.95. The molecule has 2 saturated carbocycles. The van der Waals surface area contributed by atoms with E-state index in [9.17, 15) is 4.79 Å². The molecule has 0 saturated heterocycles. The van der Waals surface area contributed by atoms with Gasteiger partial charge < -0.3 is 14.5 Å². The van der Waals surface area contributed by atoms with Crippen molar-refractivity contribution < 1.29 is 9.53 Å². The molecule has 1 aromatic rings. The molecule has 4 atom stereocenters. The van der Waals surface area contributed by atoms with Crippen LogP contribution in [-0.2, 0) is 4.79 Å². The molecule has 4 nitrogen and oxygen atoms in total. The number of carbonyl (C=O) groups is 1. The molecule has 1 amide bonds. The molecule has 0 bridgehead atoms. The molecular weight excluding hydrogens is 359 g/mol. The van der Waals surface area contributed by atoms with Gasteiger partial charge in [0.1, 0.15) is 5.75 Å². The topological polar surface area (TPSA) is 32.8 Å². The van der Waals surface area contributed by atoms with Crippen LogP contribution in [0, 0.1) is 11.8 Å². The van der Waals surface area contributed by atoms with Gasteiger partial charge in [0.2, 0.25) is 0 Å². The van der Waals surface area contributed by atoms with E-state index in [4.69, 9.17) is 27.9 Å². The van der Waals surface area contributed by atoms with Gasteiger partial charge >= 0.3 is 0 Å². The van der Waals surface area contributed by atoms with Gasteiger partial charge in [-0.3, -0.25) is 4.79 Å². The van der Waals surface area contributed by atoms with Crippen molar-refractivity contribution in [2.24, 2.45) is 11.8 Å². The van der Waals surface area contributed by atoms with E-state index in [1.807, 2.05) is 11.9 Å². The maximum atomic E-state index is 12.5. The molecule has 0 aromatic heterocycles. The zero-order valence-corrected chi connectivity index (χ0v) is 16.6. The van der Waals surface area contributed by atoms with Crippen LogP contribution in [0.2, 0.25) is 10.0 Å². The number of amides is 1. The number of halogens is 2. The smallest absolute Gasteiger partial charge is 0.260 e. The zero-order chi connectivity index (χ0) is 18.1. The van der Waals surface area contributed by atoms with Crippen LogP contribution >= 0.6 is 23.2 Å². The fourth-order valence-electron chi connectivity index (χ4n) is 4.31. The highest BCUT2D eigenvalue weighted by Gasteiger charge is 2.44. The van der Waals surface area contributed by atoms with Crippen LogP contribution in [0.15, 0.2) is 18.2 Å². The van der Waals surface area contributed by atoms with Gasteiger partial charge in [-0.2, -0.15) is 0 Å². The van der Waals surface area contributed by atoms with E-state index in [0.717, 1.165) is 24.7 Å². The van der Waals surface area contributed by atoms with Crippen molar-refractivity contribution >= 4 is 29.1 Å². The number of carbonyl (C=O) groups excluding carboxylic acids is 1. The summed E-state index contributed by atoms with van der Waals surface area (Å²) in [6.45, 7) is 0.0284. The largest absolute Gasteiger partial charge is 0.484 e. The van der Waals surface area contributed by atoms with Crippen molar-refractivity contribution in [3.8, 4) is 5.75 Å². The fourth-order valence-corrected chi connectivity index (χ4v) is 4.60. The summed E-state index contributed by atoms with van der Waals surface area (Å²) >= 11 is 11.9. The quantitative estimate of drug-likeness (QED) is 0.770. The van der Waals surface area contributed by atoms with Gasteiger partial charge in [0.25, 0.3) is 5.91 Å². The lowest BCUT2D eigenvalue weighted by molar-refractivity contribution is -0.134. The Balaban J connectivity index is 1.49.